The van der Waals surface area contributed by atoms with E-state index in [1.807, 2.05) is 19.1 Å². The lowest BCUT2D eigenvalue weighted by atomic mass is 10.0. The number of guanidine groups is 1. The average Bonchev–Trinajstić information content (AvgIpc) is 2.69. The summed E-state index contributed by atoms with van der Waals surface area (Å²) in [7, 11) is -3.17. The molecule has 1 aliphatic heterocycles. The van der Waals surface area contributed by atoms with Gasteiger partial charge in [0.2, 0.25) is 10.0 Å². The molecule has 164 valence electrons. The summed E-state index contributed by atoms with van der Waals surface area (Å²) in [6.07, 6.45) is 1.79. The van der Waals surface area contributed by atoms with Gasteiger partial charge < -0.3 is 15.4 Å². The summed E-state index contributed by atoms with van der Waals surface area (Å²) >= 11 is 0. The molecule has 1 aromatic rings. The maximum atomic E-state index is 13.4. The Kier molecular flexibility index (Phi) is 9.79. The third kappa shape index (κ3) is 9.07. The van der Waals surface area contributed by atoms with Crippen LogP contribution in [0.25, 0.3) is 0 Å². The number of nitrogens with one attached hydrogen (secondary N) is 3. The first kappa shape index (κ1) is 23.5. The second kappa shape index (κ2) is 12.1. The SMILES string of the molecule is CCNC(=NCC(c1ccc(F)cc1)N1CCOCC1)NCCCNS(C)(=O)=O. The standard InChI is InChI=1S/C19H32FN5O3S/c1-3-21-19(22-9-4-10-24-29(2,26)27)23-15-18(25-11-13-28-14-12-25)16-5-7-17(20)8-6-16/h5-8,18,24H,3-4,9-15H2,1-2H3,(H2,21,22,23). The molecule has 1 fully saturated rings. The van der Waals surface area contributed by atoms with Crippen LogP contribution in [0.2, 0.25) is 0 Å². The fourth-order valence-corrected chi connectivity index (χ4v) is 3.59. The molecule has 1 aliphatic rings. The number of halogens is 1. The minimum atomic E-state index is -3.17. The maximum Gasteiger partial charge on any atom is 0.208 e. The molecule has 29 heavy (non-hydrogen) atoms. The number of ether oxygens (including phenoxy) is 1. The highest BCUT2D eigenvalue weighted by Crippen LogP contribution is 2.22. The fraction of sp³-hybridized carbons (Fsp3) is 0.632. The van der Waals surface area contributed by atoms with Crippen LogP contribution < -0.4 is 15.4 Å². The van der Waals surface area contributed by atoms with Crippen molar-refractivity contribution in [1.82, 2.24) is 20.3 Å². The lowest BCUT2D eigenvalue weighted by Gasteiger charge is -2.34. The minimum absolute atomic E-state index is 0.0295. The van der Waals surface area contributed by atoms with E-state index in [0.717, 1.165) is 24.9 Å². The summed E-state index contributed by atoms with van der Waals surface area (Å²) < 4.78 is 43.5. The topological polar surface area (TPSA) is 95.1 Å². The van der Waals surface area contributed by atoms with Crippen molar-refractivity contribution in [1.29, 1.82) is 0 Å². The molecule has 1 heterocycles. The Morgan fingerprint density at radius 2 is 1.90 bits per heavy atom. The Labute approximate surface area is 173 Å². The minimum Gasteiger partial charge on any atom is -0.379 e. The van der Waals surface area contributed by atoms with Gasteiger partial charge >= 0.3 is 0 Å². The molecule has 1 aromatic carbocycles. The van der Waals surface area contributed by atoms with Gasteiger partial charge in [-0.1, -0.05) is 12.1 Å². The zero-order chi connectivity index (χ0) is 21.1. The number of hydrogen-bond donors (Lipinski definition) is 3. The third-order valence-electron chi connectivity index (χ3n) is 4.52. The molecule has 10 heteroatoms. The maximum absolute atomic E-state index is 13.4. The van der Waals surface area contributed by atoms with Gasteiger partial charge in [0.05, 0.1) is 32.1 Å². The summed E-state index contributed by atoms with van der Waals surface area (Å²) in [5, 5.41) is 6.43. The number of morpholine rings is 1. The molecule has 2 rings (SSSR count). The molecule has 0 aliphatic carbocycles. The molecule has 0 amide bonds. The van der Waals surface area contributed by atoms with Crippen molar-refractivity contribution >= 4 is 16.0 Å². The van der Waals surface area contributed by atoms with E-state index in [4.69, 9.17) is 9.73 Å². The smallest absolute Gasteiger partial charge is 0.208 e. The molecular formula is C19H32FN5O3S. The highest BCUT2D eigenvalue weighted by Gasteiger charge is 2.22. The molecule has 0 bridgehead atoms. The van der Waals surface area contributed by atoms with E-state index in [1.165, 1.54) is 12.1 Å². The van der Waals surface area contributed by atoms with E-state index in [9.17, 15) is 12.8 Å². The zero-order valence-electron chi connectivity index (χ0n) is 17.2. The Hall–Kier alpha value is -1.75. The van der Waals surface area contributed by atoms with Crippen LogP contribution in [0.5, 0.6) is 0 Å². The second-order valence-corrected chi connectivity index (χ2v) is 8.72. The van der Waals surface area contributed by atoms with Gasteiger partial charge in [0.15, 0.2) is 5.96 Å². The molecule has 0 aromatic heterocycles. The van der Waals surface area contributed by atoms with Crippen molar-refractivity contribution in [2.75, 3.05) is 58.7 Å². The second-order valence-electron chi connectivity index (χ2n) is 6.88. The normalized spacial score (nSPS) is 17.1. The van der Waals surface area contributed by atoms with Gasteiger partial charge in [-0.25, -0.2) is 17.5 Å². The van der Waals surface area contributed by atoms with Crippen LogP contribution in [0, 0.1) is 5.82 Å². The molecular weight excluding hydrogens is 397 g/mol. The molecule has 0 radical (unpaired) electrons. The van der Waals surface area contributed by atoms with Gasteiger partial charge in [-0.15, -0.1) is 0 Å². The van der Waals surface area contributed by atoms with Crippen LogP contribution in [0.3, 0.4) is 0 Å². The first-order valence-electron chi connectivity index (χ1n) is 9.93. The Morgan fingerprint density at radius 1 is 1.21 bits per heavy atom. The fourth-order valence-electron chi connectivity index (χ4n) is 3.08. The number of sulfonamides is 1. The van der Waals surface area contributed by atoms with E-state index in [-0.39, 0.29) is 11.9 Å². The van der Waals surface area contributed by atoms with Gasteiger partial charge in [0, 0.05) is 32.7 Å². The number of benzene rings is 1. The first-order chi connectivity index (χ1) is 13.9. The molecule has 1 atom stereocenters. The lowest BCUT2D eigenvalue weighted by molar-refractivity contribution is 0.0179. The van der Waals surface area contributed by atoms with Gasteiger partial charge in [0.1, 0.15) is 5.82 Å². The van der Waals surface area contributed by atoms with Crippen molar-refractivity contribution < 1.29 is 17.5 Å². The van der Waals surface area contributed by atoms with Gasteiger partial charge in [-0.3, -0.25) is 9.89 Å². The Bertz CT molecular complexity index is 737. The Balaban J connectivity index is 1.99. The lowest BCUT2D eigenvalue weighted by Crippen LogP contribution is -2.42. The highest BCUT2D eigenvalue weighted by atomic mass is 32.2. The van der Waals surface area contributed by atoms with Crippen molar-refractivity contribution in [2.45, 2.75) is 19.4 Å². The molecule has 1 saturated heterocycles. The molecule has 8 nitrogen and oxygen atoms in total. The number of nitrogens with zero attached hydrogens (tertiary/aromatic N) is 2. The van der Waals surface area contributed by atoms with Gasteiger partial charge in [-0.05, 0) is 31.0 Å². The van der Waals surface area contributed by atoms with Crippen LogP contribution in [0.4, 0.5) is 4.39 Å². The summed E-state index contributed by atoms with van der Waals surface area (Å²) in [5.74, 6) is 0.419. The summed E-state index contributed by atoms with van der Waals surface area (Å²) in [5.41, 5.74) is 1.02. The van der Waals surface area contributed by atoms with Crippen molar-refractivity contribution in [2.24, 2.45) is 4.99 Å². The van der Waals surface area contributed by atoms with Crippen molar-refractivity contribution in [3.8, 4) is 0 Å². The van der Waals surface area contributed by atoms with Gasteiger partial charge in [-0.2, -0.15) is 0 Å². The predicted molar refractivity (Wildman–Crippen MR) is 113 cm³/mol. The quantitative estimate of drug-likeness (QED) is 0.288. The molecule has 0 spiro atoms. The van der Waals surface area contributed by atoms with Crippen molar-refractivity contribution in [3.05, 3.63) is 35.6 Å². The van der Waals surface area contributed by atoms with Crippen LogP contribution in [-0.4, -0.2) is 78.0 Å². The Morgan fingerprint density at radius 3 is 2.52 bits per heavy atom. The average molecular weight is 430 g/mol. The van der Waals surface area contributed by atoms with Gasteiger partial charge in [0.25, 0.3) is 0 Å². The van der Waals surface area contributed by atoms with Crippen LogP contribution in [0.1, 0.15) is 24.9 Å². The predicted octanol–water partition coefficient (Wildman–Crippen LogP) is 0.693. The monoisotopic (exact) mass is 429 g/mol. The van der Waals surface area contributed by atoms with Crippen molar-refractivity contribution in [3.63, 3.8) is 0 Å². The van der Waals surface area contributed by atoms with E-state index in [2.05, 4.69) is 20.3 Å². The van der Waals surface area contributed by atoms with Crippen LogP contribution in [-0.2, 0) is 14.8 Å². The zero-order valence-corrected chi connectivity index (χ0v) is 18.0. The molecule has 3 N–H and O–H groups in total. The van der Waals surface area contributed by atoms with E-state index in [1.54, 1.807) is 0 Å². The first-order valence-corrected chi connectivity index (χ1v) is 11.8. The summed E-state index contributed by atoms with van der Waals surface area (Å²) in [6, 6.07) is 6.60. The number of hydrogen-bond acceptors (Lipinski definition) is 5. The number of aliphatic imine (C=N–C) groups is 1. The number of rotatable bonds is 10. The highest BCUT2D eigenvalue weighted by molar-refractivity contribution is 7.88. The summed E-state index contributed by atoms with van der Waals surface area (Å²) in [6.45, 7) is 7.14. The third-order valence-corrected chi connectivity index (χ3v) is 5.25. The van der Waals surface area contributed by atoms with E-state index in [0.29, 0.717) is 51.8 Å². The largest absolute Gasteiger partial charge is 0.379 e. The van der Waals surface area contributed by atoms with Crippen LogP contribution in [0.15, 0.2) is 29.3 Å². The molecule has 1 unspecified atom stereocenters. The van der Waals surface area contributed by atoms with Crippen LogP contribution >= 0.6 is 0 Å². The molecule has 0 saturated carbocycles. The van der Waals surface area contributed by atoms with E-state index < -0.39 is 10.0 Å². The summed E-state index contributed by atoms with van der Waals surface area (Å²) in [4.78, 5) is 7.02. The van der Waals surface area contributed by atoms with E-state index >= 15 is 0 Å².